The zero-order valence-electron chi connectivity index (χ0n) is 13.3. The Bertz CT molecular complexity index is 1130. The van der Waals surface area contributed by atoms with E-state index < -0.39 is 15.5 Å². The molecule has 0 aliphatic heterocycles. The number of benzene rings is 2. The first-order valence-electron chi connectivity index (χ1n) is 7.36. The monoisotopic (exact) mass is 405 g/mol. The van der Waals surface area contributed by atoms with Crippen LogP contribution < -0.4 is 0 Å². The van der Waals surface area contributed by atoms with Gasteiger partial charge in [0.2, 0.25) is 0 Å². The number of pyridine rings is 1. The van der Waals surface area contributed by atoms with E-state index >= 15 is 0 Å². The highest BCUT2D eigenvalue weighted by Gasteiger charge is 2.18. The highest BCUT2D eigenvalue weighted by Crippen LogP contribution is 2.36. The summed E-state index contributed by atoms with van der Waals surface area (Å²) in [6, 6.07) is 7.97. The second-order valence-electron chi connectivity index (χ2n) is 5.41. The van der Waals surface area contributed by atoms with E-state index in [2.05, 4.69) is 4.98 Å². The minimum Gasteiger partial charge on any atom is -0.504 e. The molecule has 10 heteroatoms. The van der Waals surface area contributed by atoms with E-state index in [0.717, 1.165) is 6.07 Å². The molecule has 0 atom stereocenters. The summed E-state index contributed by atoms with van der Waals surface area (Å²) in [5.74, 6) is -0.229. The second kappa shape index (κ2) is 7.18. The van der Waals surface area contributed by atoms with Crippen molar-refractivity contribution in [1.82, 2.24) is 4.98 Å². The Labute approximate surface area is 161 Å². The molecule has 3 rings (SSSR count). The number of nitro groups is 2. The summed E-state index contributed by atoms with van der Waals surface area (Å²) in [7, 11) is 0. The number of fused-ring (bicyclic) bond motifs is 1. The number of halogens is 2. The number of hydrogen-bond acceptors (Lipinski definition) is 6. The predicted octanol–water partition coefficient (Wildman–Crippen LogP) is 5.23. The van der Waals surface area contributed by atoms with Gasteiger partial charge in [0, 0.05) is 11.5 Å². The number of aromatic nitrogens is 1. The number of rotatable bonds is 4. The van der Waals surface area contributed by atoms with Crippen LogP contribution in [0.4, 0.5) is 11.4 Å². The van der Waals surface area contributed by atoms with Crippen LogP contribution in [0.15, 0.2) is 36.4 Å². The van der Waals surface area contributed by atoms with E-state index in [0.29, 0.717) is 16.1 Å². The number of hydrogen-bond donors (Lipinski definition) is 1. The van der Waals surface area contributed by atoms with Crippen molar-refractivity contribution < 1.29 is 15.0 Å². The lowest BCUT2D eigenvalue weighted by molar-refractivity contribution is -0.394. The zero-order valence-corrected chi connectivity index (χ0v) is 14.8. The Kier molecular flexibility index (Phi) is 4.93. The van der Waals surface area contributed by atoms with Crippen molar-refractivity contribution >= 4 is 57.6 Å². The molecule has 136 valence electrons. The maximum atomic E-state index is 11.2. The van der Waals surface area contributed by atoms with E-state index in [4.69, 9.17) is 23.2 Å². The fourth-order valence-corrected chi connectivity index (χ4v) is 2.95. The fourth-order valence-electron chi connectivity index (χ4n) is 2.43. The molecular formula is C17H9Cl2N3O5. The maximum Gasteiger partial charge on any atom is 0.283 e. The topological polar surface area (TPSA) is 119 Å². The SMILES string of the molecule is O=[N+]([O-])c1ccc(/C=C/c2ccc3c(Cl)cc(Cl)c(O)c3n2)c([N+](=O)[O-])c1. The lowest BCUT2D eigenvalue weighted by Gasteiger charge is -2.05. The molecule has 0 unspecified atom stereocenters. The molecule has 8 nitrogen and oxygen atoms in total. The molecule has 2 aromatic carbocycles. The fraction of sp³-hybridized carbons (Fsp3) is 0. The third kappa shape index (κ3) is 3.67. The molecule has 0 aliphatic rings. The van der Waals surface area contributed by atoms with Gasteiger partial charge in [0.25, 0.3) is 11.4 Å². The molecule has 0 saturated heterocycles. The first-order chi connectivity index (χ1) is 12.8. The molecule has 1 aromatic heterocycles. The van der Waals surface area contributed by atoms with Crippen LogP contribution >= 0.6 is 23.2 Å². The summed E-state index contributed by atoms with van der Waals surface area (Å²) in [6.45, 7) is 0. The molecule has 0 amide bonds. The number of nitro benzene ring substituents is 2. The molecule has 1 N–H and O–H groups in total. The summed E-state index contributed by atoms with van der Waals surface area (Å²) in [4.78, 5) is 24.8. The van der Waals surface area contributed by atoms with E-state index in [1.165, 1.54) is 30.4 Å². The summed E-state index contributed by atoms with van der Waals surface area (Å²) in [6.07, 6.45) is 2.88. The molecule has 1 heterocycles. The molecule has 0 radical (unpaired) electrons. The van der Waals surface area contributed by atoms with E-state index in [-0.39, 0.29) is 27.5 Å². The Morgan fingerprint density at radius 1 is 0.963 bits per heavy atom. The number of phenols is 1. The van der Waals surface area contributed by atoms with Gasteiger partial charge in [-0.1, -0.05) is 23.2 Å². The molecular weight excluding hydrogens is 397 g/mol. The lowest BCUT2D eigenvalue weighted by Crippen LogP contribution is -1.95. The Hall–Kier alpha value is -3.23. The van der Waals surface area contributed by atoms with Gasteiger partial charge in [-0.3, -0.25) is 20.2 Å². The summed E-state index contributed by atoms with van der Waals surface area (Å²) in [5, 5.41) is 32.9. The quantitative estimate of drug-likeness (QED) is 0.468. The van der Waals surface area contributed by atoms with Crippen LogP contribution in [0.1, 0.15) is 11.3 Å². The second-order valence-corrected chi connectivity index (χ2v) is 6.23. The smallest absolute Gasteiger partial charge is 0.283 e. The van der Waals surface area contributed by atoms with E-state index in [9.17, 15) is 25.3 Å². The van der Waals surface area contributed by atoms with Gasteiger partial charge >= 0.3 is 0 Å². The summed E-state index contributed by atoms with van der Waals surface area (Å²) >= 11 is 12.0. The number of phenolic OH excluding ortho intramolecular Hbond substituents is 1. The van der Waals surface area contributed by atoms with Crippen molar-refractivity contribution in [3.8, 4) is 5.75 Å². The van der Waals surface area contributed by atoms with Gasteiger partial charge in [-0.05, 0) is 36.4 Å². The van der Waals surface area contributed by atoms with Crippen LogP contribution in [0.3, 0.4) is 0 Å². The number of non-ortho nitro benzene ring substituents is 1. The zero-order chi connectivity index (χ0) is 19.7. The van der Waals surface area contributed by atoms with Gasteiger partial charge in [0.15, 0.2) is 5.75 Å². The van der Waals surface area contributed by atoms with Crippen LogP contribution in [-0.2, 0) is 0 Å². The van der Waals surface area contributed by atoms with Crippen LogP contribution in [0.25, 0.3) is 23.1 Å². The summed E-state index contributed by atoms with van der Waals surface area (Å²) < 4.78 is 0. The Morgan fingerprint density at radius 3 is 2.37 bits per heavy atom. The van der Waals surface area contributed by atoms with Gasteiger partial charge in [0.05, 0.1) is 37.2 Å². The van der Waals surface area contributed by atoms with E-state index in [1.54, 1.807) is 12.1 Å². The normalized spacial score (nSPS) is 11.2. The Balaban J connectivity index is 2.05. The van der Waals surface area contributed by atoms with Gasteiger partial charge in [-0.2, -0.15) is 0 Å². The van der Waals surface area contributed by atoms with Crippen molar-refractivity contribution in [3.05, 3.63) is 77.9 Å². The van der Waals surface area contributed by atoms with Crippen molar-refractivity contribution in [1.29, 1.82) is 0 Å². The first-order valence-corrected chi connectivity index (χ1v) is 8.12. The Morgan fingerprint density at radius 2 is 1.70 bits per heavy atom. The molecule has 0 fully saturated rings. The minimum atomic E-state index is -0.707. The largest absolute Gasteiger partial charge is 0.504 e. The number of aromatic hydroxyl groups is 1. The minimum absolute atomic E-state index is 0.0483. The third-order valence-corrected chi connectivity index (χ3v) is 4.33. The van der Waals surface area contributed by atoms with Gasteiger partial charge in [-0.25, -0.2) is 4.98 Å². The van der Waals surface area contributed by atoms with Crippen LogP contribution in [0.2, 0.25) is 10.0 Å². The molecule has 0 bridgehead atoms. The van der Waals surface area contributed by atoms with Gasteiger partial charge in [0.1, 0.15) is 5.52 Å². The molecule has 0 aliphatic carbocycles. The third-order valence-electron chi connectivity index (χ3n) is 3.73. The van der Waals surface area contributed by atoms with E-state index in [1.807, 2.05) is 0 Å². The van der Waals surface area contributed by atoms with Gasteiger partial charge < -0.3 is 5.11 Å². The highest BCUT2D eigenvalue weighted by atomic mass is 35.5. The molecule has 3 aromatic rings. The van der Waals surface area contributed by atoms with Crippen molar-refractivity contribution in [2.75, 3.05) is 0 Å². The maximum absolute atomic E-state index is 11.2. The average molecular weight is 406 g/mol. The molecule has 27 heavy (non-hydrogen) atoms. The average Bonchev–Trinajstić information content (AvgIpc) is 2.64. The van der Waals surface area contributed by atoms with Gasteiger partial charge in [-0.15, -0.1) is 0 Å². The highest BCUT2D eigenvalue weighted by molar-refractivity contribution is 6.39. The summed E-state index contributed by atoms with van der Waals surface area (Å²) in [5.41, 5.74) is -0.0514. The van der Waals surface area contributed by atoms with Crippen LogP contribution in [0.5, 0.6) is 5.75 Å². The lowest BCUT2D eigenvalue weighted by atomic mass is 10.1. The van der Waals surface area contributed by atoms with Crippen molar-refractivity contribution in [2.24, 2.45) is 0 Å². The van der Waals surface area contributed by atoms with Crippen molar-refractivity contribution in [3.63, 3.8) is 0 Å². The first kappa shape index (κ1) is 18.6. The molecule has 0 saturated carbocycles. The molecule has 0 spiro atoms. The van der Waals surface area contributed by atoms with Crippen LogP contribution in [0, 0.1) is 20.2 Å². The standard InChI is InChI=1S/C17H9Cl2N3O5/c18-13-8-14(19)17(23)16-12(13)6-4-10(20-16)3-1-9-2-5-11(21(24)25)7-15(9)22(26)27/h1-8,23H/b3-1+. The number of nitrogens with zero attached hydrogens (tertiary/aromatic N) is 3. The predicted molar refractivity (Wildman–Crippen MR) is 102 cm³/mol. The van der Waals surface area contributed by atoms with Crippen molar-refractivity contribution in [2.45, 2.75) is 0 Å². The van der Waals surface area contributed by atoms with Crippen LogP contribution in [-0.4, -0.2) is 19.9 Å².